The van der Waals surface area contributed by atoms with Crippen LogP contribution in [0.5, 0.6) is 5.75 Å². The van der Waals surface area contributed by atoms with Crippen molar-refractivity contribution in [3.63, 3.8) is 0 Å². The molecule has 0 aliphatic carbocycles. The maximum Gasteiger partial charge on any atom is 0.573 e. The Morgan fingerprint density at radius 1 is 1.18 bits per heavy atom. The van der Waals surface area contributed by atoms with E-state index in [0.717, 1.165) is 16.9 Å². The topological polar surface area (TPSA) is 77.5 Å². The lowest BCUT2D eigenvalue weighted by molar-refractivity contribution is -0.274. The number of nitrogens with two attached hydrogens (primary N) is 1. The Hall–Kier alpha value is -3.23. The summed E-state index contributed by atoms with van der Waals surface area (Å²) in [5.41, 5.74) is 7.88. The molecular formula is C19H20F3N5O. The molecule has 0 aliphatic rings. The van der Waals surface area contributed by atoms with E-state index in [-0.39, 0.29) is 17.4 Å². The number of aromatic nitrogens is 2. The minimum atomic E-state index is -4.78. The van der Waals surface area contributed by atoms with Crippen LogP contribution in [0.25, 0.3) is 11.0 Å². The standard InChI is InChI=1S/C19H20F3N5O/c1-13-25-14-7-2-4-9-16(14)27(13)12-6-11-24-18(23)26-15-8-3-5-10-17(15)28-19(20,21)22/h2-5,7-10H,6,11-12H2,1H3,(H3,23,24,26). The molecule has 9 heteroatoms. The SMILES string of the molecule is Cc1nc2ccccc2n1CCCN=C(N)Nc1ccccc1OC(F)(F)F. The fraction of sp³-hybridized carbons (Fsp3) is 0.263. The Labute approximate surface area is 159 Å². The zero-order valence-corrected chi connectivity index (χ0v) is 15.2. The van der Waals surface area contributed by atoms with E-state index >= 15 is 0 Å². The highest BCUT2D eigenvalue weighted by Gasteiger charge is 2.32. The normalized spacial score (nSPS) is 12.4. The summed E-state index contributed by atoms with van der Waals surface area (Å²) in [6.07, 6.45) is -4.08. The summed E-state index contributed by atoms with van der Waals surface area (Å²) >= 11 is 0. The molecule has 2 aromatic carbocycles. The Kier molecular flexibility index (Phi) is 5.72. The van der Waals surface area contributed by atoms with Crippen molar-refractivity contribution in [3.8, 4) is 5.75 Å². The lowest BCUT2D eigenvalue weighted by Gasteiger charge is -2.14. The highest BCUT2D eigenvalue weighted by molar-refractivity contribution is 5.93. The molecule has 1 heterocycles. The van der Waals surface area contributed by atoms with Gasteiger partial charge in [0.25, 0.3) is 0 Å². The molecule has 0 bridgehead atoms. The van der Waals surface area contributed by atoms with Crippen molar-refractivity contribution in [2.75, 3.05) is 11.9 Å². The average Bonchev–Trinajstić information content (AvgIpc) is 2.94. The smallest absolute Gasteiger partial charge is 0.404 e. The van der Waals surface area contributed by atoms with E-state index in [1.165, 1.54) is 18.2 Å². The van der Waals surface area contributed by atoms with E-state index in [9.17, 15) is 13.2 Å². The molecule has 0 aliphatic heterocycles. The molecule has 0 atom stereocenters. The van der Waals surface area contributed by atoms with E-state index in [2.05, 4.69) is 24.6 Å². The molecule has 3 rings (SSSR count). The van der Waals surface area contributed by atoms with Gasteiger partial charge >= 0.3 is 6.36 Å². The van der Waals surface area contributed by atoms with Crippen LogP contribution in [0.4, 0.5) is 18.9 Å². The van der Waals surface area contributed by atoms with Crippen LogP contribution in [-0.2, 0) is 6.54 Å². The first-order valence-electron chi connectivity index (χ1n) is 8.67. The minimum absolute atomic E-state index is 0.0189. The van der Waals surface area contributed by atoms with Crippen molar-refractivity contribution < 1.29 is 17.9 Å². The summed E-state index contributed by atoms with van der Waals surface area (Å²) in [6, 6.07) is 13.5. The van der Waals surface area contributed by atoms with E-state index in [0.29, 0.717) is 19.5 Å². The zero-order chi connectivity index (χ0) is 20.1. The average molecular weight is 391 g/mol. The van der Waals surface area contributed by atoms with Gasteiger partial charge in [-0.3, -0.25) is 4.99 Å². The number of para-hydroxylation sites is 4. The number of halogens is 3. The minimum Gasteiger partial charge on any atom is -0.404 e. The number of rotatable bonds is 6. The van der Waals surface area contributed by atoms with Crippen LogP contribution >= 0.6 is 0 Å². The van der Waals surface area contributed by atoms with E-state index in [4.69, 9.17) is 5.73 Å². The fourth-order valence-corrected chi connectivity index (χ4v) is 2.87. The van der Waals surface area contributed by atoms with Crippen molar-refractivity contribution in [3.05, 3.63) is 54.4 Å². The van der Waals surface area contributed by atoms with Crippen molar-refractivity contribution in [2.24, 2.45) is 10.7 Å². The lowest BCUT2D eigenvalue weighted by Crippen LogP contribution is -2.24. The van der Waals surface area contributed by atoms with Gasteiger partial charge in [0.1, 0.15) is 5.82 Å². The first kappa shape index (κ1) is 19.5. The molecule has 0 unspecified atom stereocenters. The summed E-state index contributed by atoms with van der Waals surface area (Å²) in [5.74, 6) is 0.564. The van der Waals surface area contributed by atoms with Crippen molar-refractivity contribution >= 4 is 22.7 Å². The maximum absolute atomic E-state index is 12.5. The molecule has 0 fully saturated rings. The second kappa shape index (κ2) is 8.20. The van der Waals surface area contributed by atoms with Crippen LogP contribution in [-0.4, -0.2) is 28.4 Å². The third kappa shape index (κ3) is 4.93. The van der Waals surface area contributed by atoms with Gasteiger partial charge in [0.05, 0.1) is 16.7 Å². The van der Waals surface area contributed by atoms with Gasteiger partial charge in [0.15, 0.2) is 11.7 Å². The second-order valence-corrected chi connectivity index (χ2v) is 6.09. The number of hydrogen-bond acceptors (Lipinski definition) is 3. The monoisotopic (exact) mass is 391 g/mol. The molecule has 0 saturated carbocycles. The van der Waals surface area contributed by atoms with Crippen molar-refractivity contribution in [1.82, 2.24) is 9.55 Å². The number of alkyl halides is 3. The van der Waals surface area contributed by atoms with Gasteiger partial charge < -0.3 is 20.4 Å². The summed E-state index contributed by atoms with van der Waals surface area (Å²) < 4.78 is 43.5. The number of ether oxygens (including phenoxy) is 1. The van der Waals surface area contributed by atoms with Crippen LogP contribution in [0.1, 0.15) is 12.2 Å². The number of aliphatic imine (C=N–C) groups is 1. The van der Waals surface area contributed by atoms with Gasteiger partial charge in [0, 0.05) is 13.1 Å². The number of guanidine groups is 1. The van der Waals surface area contributed by atoms with Gasteiger partial charge in [-0.15, -0.1) is 13.2 Å². The number of benzene rings is 2. The predicted molar refractivity (Wildman–Crippen MR) is 102 cm³/mol. The summed E-state index contributed by atoms with van der Waals surface area (Å²) in [7, 11) is 0. The van der Waals surface area contributed by atoms with Gasteiger partial charge in [-0.2, -0.15) is 0 Å². The molecule has 0 radical (unpaired) electrons. The van der Waals surface area contributed by atoms with Gasteiger partial charge in [0.2, 0.25) is 0 Å². The van der Waals surface area contributed by atoms with Crippen molar-refractivity contribution in [2.45, 2.75) is 26.3 Å². The third-order valence-electron chi connectivity index (χ3n) is 4.04. The summed E-state index contributed by atoms with van der Waals surface area (Å²) in [5, 5.41) is 2.65. The third-order valence-corrected chi connectivity index (χ3v) is 4.04. The summed E-state index contributed by atoms with van der Waals surface area (Å²) in [4.78, 5) is 8.68. The van der Waals surface area contributed by atoms with Crippen LogP contribution in [0.2, 0.25) is 0 Å². The first-order valence-corrected chi connectivity index (χ1v) is 8.67. The molecule has 3 N–H and O–H groups in total. The number of hydrogen-bond donors (Lipinski definition) is 2. The van der Waals surface area contributed by atoms with Crippen LogP contribution < -0.4 is 15.8 Å². The van der Waals surface area contributed by atoms with Gasteiger partial charge in [-0.05, 0) is 37.6 Å². The van der Waals surface area contributed by atoms with E-state index in [1.807, 2.05) is 31.2 Å². The fourth-order valence-electron chi connectivity index (χ4n) is 2.87. The number of nitrogens with zero attached hydrogens (tertiary/aromatic N) is 3. The highest BCUT2D eigenvalue weighted by Crippen LogP contribution is 2.29. The number of aryl methyl sites for hydroxylation is 2. The van der Waals surface area contributed by atoms with E-state index in [1.54, 1.807) is 6.07 Å². The van der Waals surface area contributed by atoms with Crippen LogP contribution in [0.3, 0.4) is 0 Å². The van der Waals surface area contributed by atoms with Crippen LogP contribution in [0.15, 0.2) is 53.5 Å². The molecular weight excluding hydrogens is 371 g/mol. The molecule has 28 heavy (non-hydrogen) atoms. The Morgan fingerprint density at radius 3 is 2.68 bits per heavy atom. The van der Waals surface area contributed by atoms with Crippen molar-refractivity contribution in [1.29, 1.82) is 0 Å². The number of nitrogens with one attached hydrogen (secondary N) is 1. The molecule has 3 aromatic rings. The van der Waals surface area contributed by atoms with Gasteiger partial charge in [-0.25, -0.2) is 4.98 Å². The molecule has 0 amide bonds. The molecule has 6 nitrogen and oxygen atoms in total. The van der Waals surface area contributed by atoms with Crippen LogP contribution in [0, 0.1) is 6.92 Å². The number of fused-ring (bicyclic) bond motifs is 1. The quantitative estimate of drug-likeness (QED) is 0.377. The molecule has 1 aromatic heterocycles. The highest BCUT2D eigenvalue weighted by atomic mass is 19.4. The Bertz CT molecular complexity index is 981. The Balaban J connectivity index is 1.59. The molecule has 148 valence electrons. The zero-order valence-electron chi connectivity index (χ0n) is 15.2. The molecule has 0 saturated heterocycles. The van der Waals surface area contributed by atoms with E-state index < -0.39 is 6.36 Å². The largest absolute Gasteiger partial charge is 0.573 e. The Morgan fingerprint density at radius 2 is 1.89 bits per heavy atom. The second-order valence-electron chi connectivity index (χ2n) is 6.09. The molecule has 0 spiro atoms. The van der Waals surface area contributed by atoms with Gasteiger partial charge in [-0.1, -0.05) is 24.3 Å². The first-order chi connectivity index (χ1) is 13.3. The number of anilines is 1. The predicted octanol–water partition coefficient (Wildman–Crippen LogP) is 4.06. The number of imidazole rings is 1. The summed E-state index contributed by atoms with van der Waals surface area (Å²) in [6.45, 7) is 3.06. The lowest BCUT2D eigenvalue weighted by atomic mass is 10.3. The maximum atomic E-state index is 12.5.